The molecular formula is C18H19BrFNO3. The minimum Gasteiger partial charge on any atom is -0.493 e. The highest BCUT2D eigenvalue weighted by molar-refractivity contribution is 9.10. The zero-order chi connectivity index (χ0) is 17.7. The first-order valence-corrected chi connectivity index (χ1v) is 8.26. The number of ether oxygens (including phenoxy) is 2. The number of carbonyl (C=O) groups excluding carboxylic acids is 1. The van der Waals surface area contributed by atoms with Crippen LogP contribution in [0.25, 0.3) is 0 Å². The van der Waals surface area contributed by atoms with Crippen LogP contribution < -0.4 is 9.47 Å². The molecule has 0 fully saturated rings. The molecule has 0 heterocycles. The van der Waals surface area contributed by atoms with Crippen LogP contribution in [0, 0.1) is 5.82 Å². The van der Waals surface area contributed by atoms with E-state index in [1.165, 1.54) is 18.1 Å². The summed E-state index contributed by atoms with van der Waals surface area (Å²) in [4.78, 5) is 14.1. The van der Waals surface area contributed by atoms with Gasteiger partial charge in [0, 0.05) is 24.7 Å². The van der Waals surface area contributed by atoms with Gasteiger partial charge in [-0.15, -0.1) is 0 Å². The van der Waals surface area contributed by atoms with Crippen molar-refractivity contribution in [1.29, 1.82) is 0 Å². The third kappa shape index (κ3) is 4.06. The molecule has 0 spiro atoms. The zero-order valence-electron chi connectivity index (χ0n) is 13.8. The molecule has 2 rings (SSSR count). The fourth-order valence-electron chi connectivity index (χ4n) is 2.30. The summed E-state index contributed by atoms with van der Waals surface area (Å²) in [6.07, 6.45) is 0. The van der Waals surface area contributed by atoms with E-state index in [1.54, 1.807) is 37.4 Å². The summed E-state index contributed by atoms with van der Waals surface area (Å²) in [5.41, 5.74) is 0.895. The van der Waals surface area contributed by atoms with E-state index in [1.807, 2.05) is 6.92 Å². The number of nitrogens with zero attached hydrogens (tertiary/aromatic N) is 1. The second-order valence-corrected chi connectivity index (χ2v) is 6.03. The van der Waals surface area contributed by atoms with Gasteiger partial charge in [0.05, 0.1) is 18.2 Å². The molecule has 1 amide bonds. The summed E-state index contributed by atoms with van der Waals surface area (Å²) in [6.45, 7) is 2.53. The number of rotatable bonds is 6. The number of methoxy groups -OCH3 is 1. The van der Waals surface area contributed by atoms with Crippen molar-refractivity contribution < 1.29 is 18.7 Å². The van der Waals surface area contributed by atoms with Crippen molar-refractivity contribution in [3.8, 4) is 11.5 Å². The van der Waals surface area contributed by atoms with Crippen LogP contribution in [0.5, 0.6) is 11.5 Å². The van der Waals surface area contributed by atoms with Crippen LogP contribution in [0.3, 0.4) is 0 Å². The van der Waals surface area contributed by atoms with Gasteiger partial charge in [0.15, 0.2) is 11.5 Å². The predicted molar refractivity (Wildman–Crippen MR) is 94.1 cm³/mol. The van der Waals surface area contributed by atoms with Gasteiger partial charge in [-0.05, 0) is 41.1 Å². The predicted octanol–water partition coefficient (Wildman–Crippen LogP) is 4.27. The first-order chi connectivity index (χ1) is 11.5. The molecule has 0 saturated heterocycles. The van der Waals surface area contributed by atoms with Crippen LogP contribution in [-0.4, -0.2) is 31.6 Å². The third-order valence-corrected chi connectivity index (χ3v) is 4.07. The summed E-state index contributed by atoms with van der Waals surface area (Å²) in [7, 11) is 3.15. The van der Waals surface area contributed by atoms with Crippen LogP contribution in [0.15, 0.2) is 40.9 Å². The van der Waals surface area contributed by atoms with Gasteiger partial charge in [-0.1, -0.05) is 18.2 Å². The molecule has 0 atom stereocenters. The van der Waals surface area contributed by atoms with E-state index in [9.17, 15) is 9.18 Å². The molecule has 0 aliphatic rings. The van der Waals surface area contributed by atoms with E-state index in [0.29, 0.717) is 33.7 Å². The van der Waals surface area contributed by atoms with Gasteiger partial charge in [-0.3, -0.25) is 4.79 Å². The maximum Gasteiger partial charge on any atom is 0.254 e. The van der Waals surface area contributed by atoms with Crippen LogP contribution in [0.1, 0.15) is 22.8 Å². The van der Waals surface area contributed by atoms with Gasteiger partial charge in [-0.2, -0.15) is 0 Å². The topological polar surface area (TPSA) is 38.8 Å². The van der Waals surface area contributed by atoms with Gasteiger partial charge in [0.25, 0.3) is 5.91 Å². The van der Waals surface area contributed by atoms with Crippen LogP contribution in [0.4, 0.5) is 4.39 Å². The van der Waals surface area contributed by atoms with Crippen LogP contribution >= 0.6 is 15.9 Å². The van der Waals surface area contributed by atoms with Crippen LogP contribution in [-0.2, 0) is 6.54 Å². The normalized spacial score (nSPS) is 10.4. The number of hydrogen-bond donors (Lipinski definition) is 0. The Bertz CT molecular complexity index is 736. The van der Waals surface area contributed by atoms with Crippen LogP contribution in [0.2, 0.25) is 0 Å². The summed E-state index contributed by atoms with van der Waals surface area (Å²) in [6, 6.07) is 9.70. The third-order valence-electron chi connectivity index (χ3n) is 3.48. The SMILES string of the molecule is CCOc1c(Br)cc(C(=O)N(C)Cc2ccccc2F)cc1OC. The van der Waals surface area contributed by atoms with Gasteiger partial charge in [0.2, 0.25) is 0 Å². The number of carbonyl (C=O) groups is 1. The smallest absolute Gasteiger partial charge is 0.254 e. The minimum atomic E-state index is -0.331. The van der Waals surface area contributed by atoms with Gasteiger partial charge in [-0.25, -0.2) is 4.39 Å². The number of benzene rings is 2. The Morgan fingerprint density at radius 2 is 2.00 bits per heavy atom. The van der Waals surface area contributed by atoms with Crippen molar-refractivity contribution in [2.45, 2.75) is 13.5 Å². The van der Waals surface area contributed by atoms with E-state index in [-0.39, 0.29) is 18.3 Å². The van der Waals surface area contributed by atoms with Gasteiger partial charge < -0.3 is 14.4 Å². The average Bonchev–Trinajstić information content (AvgIpc) is 2.57. The van der Waals surface area contributed by atoms with E-state index < -0.39 is 0 Å². The summed E-state index contributed by atoms with van der Waals surface area (Å²) < 4.78 is 25.2. The lowest BCUT2D eigenvalue weighted by Gasteiger charge is -2.19. The standard InChI is InChI=1S/C18H19BrFNO3/c1-4-24-17-14(19)9-13(10-16(17)23-3)18(22)21(2)11-12-7-5-6-8-15(12)20/h5-10H,4,11H2,1-3H3. The molecule has 4 nitrogen and oxygen atoms in total. The number of halogens is 2. The number of hydrogen-bond acceptors (Lipinski definition) is 3. The highest BCUT2D eigenvalue weighted by Gasteiger charge is 2.19. The van der Waals surface area contributed by atoms with E-state index in [0.717, 1.165) is 0 Å². The summed E-state index contributed by atoms with van der Waals surface area (Å²) >= 11 is 3.40. The summed E-state index contributed by atoms with van der Waals surface area (Å²) in [5.74, 6) is 0.449. The van der Waals surface area contributed by atoms with Crippen molar-refractivity contribution in [2.24, 2.45) is 0 Å². The molecule has 24 heavy (non-hydrogen) atoms. The lowest BCUT2D eigenvalue weighted by Crippen LogP contribution is -2.26. The molecule has 0 saturated carbocycles. The van der Waals surface area contributed by atoms with Crippen molar-refractivity contribution >= 4 is 21.8 Å². The van der Waals surface area contributed by atoms with Crippen molar-refractivity contribution in [3.05, 3.63) is 57.8 Å². The molecule has 0 bridgehead atoms. The lowest BCUT2D eigenvalue weighted by molar-refractivity contribution is 0.0783. The zero-order valence-corrected chi connectivity index (χ0v) is 15.4. The number of amides is 1. The molecular weight excluding hydrogens is 377 g/mol. The quantitative estimate of drug-likeness (QED) is 0.732. The van der Waals surface area contributed by atoms with Crippen molar-refractivity contribution in [3.63, 3.8) is 0 Å². The fraction of sp³-hybridized carbons (Fsp3) is 0.278. The second kappa shape index (κ2) is 8.15. The fourth-order valence-corrected chi connectivity index (χ4v) is 2.86. The second-order valence-electron chi connectivity index (χ2n) is 5.18. The van der Waals surface area contributed by atoms with Crippen molar-refractivity contribution in [2.75, 3.05) is 20.8 Å². The monoisotopic (exact) mass is 395 g/mol. The Morgan fingerprint density at radius 3 is 2.62 bits per heavy atom. The lowest BCUT2D eigenvalue weighted by atomic mass is 10.1. The van der Waals surface area contributed by atoms with Gasteiger partial charge in [0.1, 0.15) is 5.82 Å². The molecule has 0 unspecified atom stereocenters. The first-order valence-electron chi connectivity index (χ1n) is 7.47. The molecule has 0 aliphatic carbocycles. The molecule has 6 heteroatoms. The Kier molecular flexibility index (Phi) is 6.20. The Hall–Kier alpha value is -2.08. The molecule has 0 N–H and O–H groups in total. The molecule has 2 aromatic rings. The maximum atomic E-state index is 13.8. The summed E-state index contributed by atoms with van der Waals surface area (Å²) in [5, 5.41) is 0. The average molecular weight is 396 g/mol. The molecule has 0 radical (unpaired) electrons. The Morgan fingerprint density at radius 1 is 1.29 bits per heavy atom. The molecule has 0 aliphatic heterocycles. The highest BCUT2D eigenvalue weighted by Crippen LogP contribution is 2.37. The Balaban J connectivity index is 2.25. The van der Waals surface area contributed by atoms with Crippen molar-refractivity contribution in [1.82, 2.24) is 4.90 Å². The minimum absolute atomic E-state index is 0.179. The van der Waals surface area contributed by atoms with Gasteiger partial charge >= 0.3 is 0 Å². The molecule has 2 aromatic carbocycles. The van der Waals surface area contributed by atoms with E-state index in [2.05, 4.69) is 15.9 Å². The Labute approximate surface area is 149 Å². The highest BCUT2D eigenvalue weighted by atomic mass is 79.9. The van der Waals surface area contributed by atoms with E-state index in [4.69, 9.17) is 9.47 Å². The first kappa shape index (κ1) is 18.3. The van der Waals surface area contributed by atoms with E-state index >= 15 is 0 Å². The molecule has 128 valence electrons. The largest absolute Gasteiger partial charge is 0.493 e. The molecule has 0 aromatic heterocycles. The maximum absolute atomic E-state index is 13.8.